The molecular formula is C14H21F2N3O. The van der Waals surface area contributed by atoms with E-state index in [1.165, 1.54) is 0 Å². The van der Waals surface area contributed by atoms with Crippen molar-refractivity contribution >= 4 is 11.6 Å². The summed E-state index contributed by atoms with van der Waals surface area (Å²) < 4.78 is 26.3. The third-order valence-electron chi connectivity index (χ3n) is 3.09. The van der Waals surface area contributed by atoms with Gasteiger partial charge in [0, 0.05) is 30.9 Å². The van der Waals surface area contributed by atoms with Crippen LogP contribution >= 0.6 is 0 Å². The molecule has 0 aromatic heterocycles. The Balaban J connectivity index is 3.05. The maximum atomic E-state index is 13.3. The van der Waals surface area contributed by atoms with Gasteiger partial charge in [-0.3, -0.25) is 4.79 Å². The number of likely N-dealkylation sites (N-methyl/N-ethyl adjacent to an activating group) is 2. The van der Waals surface area contributed by atoms with Gasteiger partial charge in [-0.2, -0.15) is 0 Å². The zero-order chi connectivity index (χ0) is 15.4. The molecule has 0 fully saturated rings. The Morgan fingerprint density at radius 1 is 1.30 bits per heavy atom. The average Bonchev–Trinajstić information content (AvgIpc) is 2.33. The molecule has 4 nitrogen and oxygen atoms in total. The minimum atomic E-state index is -1.07. The van der Waals surface area contributed by atoms with Crippen molar-refractivity contribution in [3.63, 3.8) is 0 Å². The summed E-state index contributed by atoms with van der Waals surface area (Å²) in [5.74, 6) is -2.51. The molecule has 1 rings (SSSR count). The number of carbonyl (C=O) groups excluding carboxylic acids is 1. The van der Waals surface area contributed by atoms with Crippen LogP contribution in [-0.4, -0.2) is 48.9 Å². The zero-order valence-corrected chi connectivity index (χ0v) is 12.3. The van der Waals surface area contributed by atoms with Gasteiger partial charge in [0.1, 0.15) is 0 Å². The largest absolute Gasteiger partial charge is 0.398 e. The van der Waals surface area contributed by atoms with Gasteiger partial charge in [-0.15, -0.1) is 0 Å². The molecule has 6 heteroatoms. The monoisotopic (exact) mass is 285 g/mol. The second-order valence-electron chi connectivity index (χ2n) is 5.06. The molecule has 0 heterocycles. The van der Waals surface area contributed by atoms with E-state index < -0.39 is 17.5 Å². The Bertz CT molecular complexity index is 492. The quantitative estimate of drug-likeness (QED) is 0.841. The van der Waals surface area contributed by atoms with Crippen LogP contribution in [0.15, 0.2) is 12.1 Å². The zero-order valence-electron chi connectivity index (χ0n) is 12.3. The van der Waals surface area contributed by atoms with E-state index >= 15 is 0 Å². The first-order valence-electron chi connectivity index (χ1n) is 6.48. The lowest BCUT2D eigenvalue weighted by atomic mass is 10.1. The Hall–Kier alpha value is -1.69. The van der Waals surface area contributed by atoms with Crippen LogP contribution in [0.2, 0.25) is 0 Å². The molecule has 1 unspecified atom stereocenters. The van der Waals surface area contributed by atoms with E-state index in [2.05, 4.69) is 0 Å². The van der Waals surface area contributed by atoms with Gasteiger partial charge in [-0.05, 0) is 34.0 Å². The van der Waals surface area contributed by atoms with Crippen molar-refractivity contribution < 1.29 is 13.6 Å². The highest BCUT2D eigenvalue weighted by Crippen LogP contribution is 2.20. The fraction of sp³-hybridized carbons (Fsp3) is 0.500. The molecule has 112 valence electrons. The molecule has 0 spiro atoms. The average molecular weight is 285 g/mol. The highest BCUT2D eigenvalue weighted by molar-refractivity contribution is 5.99. The summed E-state index contributed by atoms with van der Waals surface area (Å²) >= 11 is 0. The SMILES string of the molecule is CCN(C(=O)c1cc(F)c(F)cc1N)C(C)CN(C)C. The first-order valence-corrected chi connectivity index (χ1v) is 6.48. The van der Waals surface area contributed by atoms with Crippen molar-refractivity contribution in [3.8, 4) is 0 Å². The lowest BCUT2D eigenvalue weighted by Crippen LogP contribution is -2.44. The summed E-state index contributed by atoms with van der Waals surface area (Å²) in [5.41, 5.74) is 5.57. The molecule has 20 heavy (non-hydrogen) atoms. The number of nitrogens with zero attached hydrogens (tertiary/aromatic N) is 2. The van der Waals surface area contributed by atoms with E-state index in [1.807, 2.05) is 32.8 Å². The molecule has 0 aliphatic carbocycles. The molecule has 0 aliphatic rings. The molecule has 0 bridgehead atoms. The van der Waals surface area contributed by atoms with E-state index in [-0.39, 0.29) is 17.3 Å². The van der Waals surface area contributed by atoms with E-state index in [4.69, 9.17) is 5.73 Å². The van der Waals surface area contributed by atoms with Crippen molar-refractivity contribution in [1.82, 2.24) is 9.80 Å². The molecule has 0 radical (unpaired) electrons. The van der Waals surface area contributed by atoms with E-state index in [1.54, 1.807) is 4.90 Å². The highest BCUT2D eigenvalue weighted by Gasteiger charge is 2.23. The van der Waals surface area contributed by atoms with Crippen LogP contribution in [-0.2, 0) is 0 Å². The summed E-state index contributed by atoms with van der Waals surface area (Å²) in [4.78, 5) is 16.0. The van der Waals surface area contributed by atoms with Crippen LogP contribution < -0.4 is 5.73 Å². The van der Waals surface area contributed by atoms with Crippen molar-refractivity contribution in [3.05, 3.63) is 29.3 Å². The van der Waals surface area contributed by atoms with E-state index in [9.17, 15) is 13.6 Å². The highest BCUT2D eigenvalue weighted by atomic mass is 19.2. The summed E-state index contributed by atoms with van der Waals surface area (Å²) in [5, 5.41) is 0. The molecule has 1 aromatic rings. The third-order valence-corrected chi connectivity index (χ3v) is 3.09. The molecule has 1 atom stereocenters. The second-order valence-corrected chi connectivity index (χ2v) is 5.06. The lowest BCUT2D eigenvalue weighted by molar-refractivity contribution is 0.0679. The number of benzene rings is 1. The van der Waals surface area contributed by atoms with Crippen LogP contribution in [0, 0.1) is 11.6 Å². The van der Waals surface area contributed by atoms with E-state index in [0.717, 1.165) is 12.1 Å². The first kappa shape index (κ1) is 16.4. The van der Waals surface area contributed by atoms with Crippen molar-refractivity contribution in [2.45, 2.75) is 19.9 Å². The predicted octanol–water partition coefficient (Wildman–Crippen LogP) is 1.96. The summed E-state index contributed by atoms with van der Waals surface area (Å²) in [6.45, 7) is 4.87. The topological polar surface area (TPSA) is 49.6 Å². The fourth-order valence-corrected chi connectivity index (χ4v) is 2.18. The van der Waals surface area contributed by atoms with Crippen molar-refractivity contribution in [1.29, 1.82) is 0 Å². The van der Waals surface area contributed by atoms with Gasteiger partial charge in [-0.25, -0.2) is 8.78 Å². The standard InChI is InChI=1S/C14H21F2N3O/c1-5-19(9(2)8-18(3)4)14(20)10-6-11(15)12(16)7-13(10)17/h6-7,9H,5,8,17H2,1-4H3. The smallest absolute Gasteiger partial charge is 0.256 e. The van der Waals surface area contributed by atoms with Gasteiger partial charge >= 0.3 is 0 Å². The molecule has 0 saturated heterocycles. The number of rotatable bonds is 5. The van der Waals surface area contributed by atoms with Gasteiger partial charge in [-0.1, -0.05) is 0 Å². The maximum absolute atomic E-state index is 13.3. The number of nitrogen functional groups attached to an aromatic ring is 1. The van der Waals surface area contributed by atoms with Crippen molar-refractivity contribution in [2.24, 2.45) is 0 Å². The van der Waals surface area contributed by atoms with Crippen molar-refractivity contribution in [2.75, 3.05) is 32.9 Å². The summed E-state index contributed by atoms with van der Waals surface area (Å²) in [6, 6.07) is 1.64. The van der Waals surface area contributed by atoms with E-state index in [0.29, 0.717) is 13.1 Å². The second kappa shape index (κ2) is 6.65. The number of hydrogen-bond donors (Lipinski definition) is 1. The Labute approximate surface area is 118 Å². The first-order chi connectivity index (χ1) is 9.27. The minimum absolute atomic E-state index is 0.00337. The fourth-order valence-electron chi connectivity index (χ4n) is 2.18. The lowest BCUT2D eigenvalue weighted by Gasteiger charge is -2.30. The van der Waals surface area contributed by atoms with Gasteiger partial charge in [0.25, 0.3) is 5.91 Å². The maximum Gasteiger partial charge on any atom is 0.256 e. The summed E-state index contributed by atoms with van der Waals surface area (Å²) in [7, 11) is 3.81. The van der Waals surface area contributed by atoms with Gasteiger partial charge < -0.3 is 15.5 Å². The molecule has 1 amide bonds. The van der Waals surface area contributed by atoms with Crippen LogP contribution in [0.4, 0.5) is 14.5 Å². The minimum Gasteiger partial charge on any atom is -0.398 e. The summed E-state index contributed by atoms with van der Waals surface area (Å²) in [6.07, 6.45) is 0. The van der Waals surface area contributed by atoms with Gasteiger partial charge in [0.2, 0.25) is 0 Å². The third kappa shape index (κ3) is 3.66. The number of anilines is 1. The number of carbonyl (C=O) groups is 1. The van der Waals surface area contributed by atoms with Crippen LogP contribution in [0.1, 0.15) is 24.2 Å². The molecule has 0 aliphatic heterocycles. The number of hydrogen-bond acceptors (Lipinski definition) is 3. The molecular weight excluding hydrogens is 264 g/mol. The number of nitrogens with two attached hydrogens (primary N) is 1. The predicted molar refractivity (Wildman–Crippen MR) is 75.5 cm³/mol. The molecule has 2 N–H and O–H groups in total. The normalized spacial score (nSPS) is 12.6. The Kier molecular flexibility index (Phi) is 5.44. The molecule has 1 aromatic carbocycles. The number of amides is 1. The van der Waals surface area contributed by atoms with Gasteiger partial charge in [0.15, 0.2) is 11.6 Å². The van der Waals surface area contributed by atoms with Crippen LogP contribution in [0.5, 0.6) is 0 Å². The van der Waals surface area contributed by atoms with Crippen LogP contribution in [0.25, 0.3) is 0 Å². The molecule has 0 saturated carbocycles. The Morgan fingerprint density at radius 3 is 2.35 bits per heavy atom. The number of halogens is 2. The van der Waals surface area contributed by atoms with Gasteiger partial charge in [0.05, 0.1) is 5.56 Å². The van der Waals surface area contributed by atoms with Crippen LogP contribution in [0.3, 0.4) is 0 Å². The Morgan fingerprint density at radius 2 is 1.85 bits per heavy atom.